The SMILES string of the molecule is CC(=Cc1cccc2c1OC(C)(C)C2)CO. The van der Waals surface area contributed by atoms with Crippen molar-refractivity contribution in [1.29, 1.82) is 0 Å². The Morgan fingerprint density at radius 1 is 1.50 bits per heavy atom. The van der Waals surface area contributed by atoms with Gasteiger partial charge in [-0.3, -0.25) is 0 Å². The second-order valence-corrected chi connectivity index (χ2v) is 5.02. The number of hydrogen-bond acceptors (Lipinski definition) is 2. The highest BCUT2D eigenvalue weighted by atomic mass is 16.5. The van der Waals surface area contributed by atoms with Gasteiger partial charge in [-0.2, -0.15) is 0 Å². The summed E-state index contributed by atoms with van der Waals surface area (Å²) in [5, 5.41) is 9.04. The standard InChI is InChI=1S/C14H18O2/c1-10(9-15)7-11-5-4-6-12-8-14(2,3)16-13(11)12/h4-7,15H,8-9H2,1-3H3. The lowest BCUT2D eigenvalue weighted by molar-refractivity contribution is 0.138. The highest BCUT2D eigenvalue weighted by Crippen LogP contribution is 2.38. The predicted octanol–water partition coefficient (Wildman–Crippen LogP) is 2.80. The highest BCUT2D eigenvalue weighted by molar-refractivity contribution is 5.63. The van der Waals surface area contributed by atoms with E-state index in [1.165, 1.54) is 5.56 Å². The third-order valence-electron chi connectivity index (χ3n) is 2.77. The van der Waals surface area contributed by atoms with E-state index in [1.54, 1.807) is 0 Å². The summed E-state index contributed by atoms with van der Waals surface area (Å²) in [5.74, 6) is 0.972. The van der Waals surface area contributed by atoms with Crippen molar-refractivity contribution in [2.24, 2.45) is 0 Å². The lowest BCUT2D eigenvalue weighted by Gasteiger charge is -2.17. The molecule has 0 saturated carbocycles. The molecule has 16 heavy (non-hydrogen) atoms. The van der Waals surface area contributed by atoms with Crippen LogP contribution in [0.25, 0.3) is 6.08 Å². The van der Waals surface area contributed by atoms with Crippen LogP contribution in [0.15, 0.2) is 23.8 Å². The van der Waals surface area contributed by atoms with E-state index in [1.807, 2.05) is 25.1 Å². The van der Waals surface area contributed by atoms with Crippen LogP contribution in [0.5, 0.6) is 5.75 Å². The Labute approximate surface area is 96.6 Å². The van der Waals surface area contributed by atoms with Crippen molar-refractivity contribution < 1.29 is 9.84 Å². The molecule has 0 bridgehead atoms. The molecule has 1 N–H and O–H groups in total. The van der Waals surface area contributed by atoms with Gasteiger partial charge in [0, 0.05) is 12.0 Å². The molecule has 1 aliphatic heterocycles. The van der Waals surface area contributed by atoms with Crippen LogP contribution in [0.3, 0.4) is 0 Å². The van der Waals surface area contributed by atoms with Gasteiger partial charge in [0.05, 0.1) is 6.61 Å². The van der Waals surface area contributed by atoms with Crippen molar-refractivity contribution in [3.63, 3.8) is 0 Å². The van der Waals surface area contributed by atoms with Gasteiger partial charge in [0.15, 0.2) is 0 Å². The van der Waals surface area contributed by atoms with E-state index in [-0.39, 0.29) is 12.2 Å². The van der Waals surface area contributed by atoms with Gasteiger partial charge in [-0.15, -0.1) is 0 Å². The fourth-order valence-electron chi connectivity index (χ4n) is 2.06. The summed E-state index contributed by atoms with van der Waals surface area (Å²) in [6.45, 7) is 6.20. The van der Waals surface area contributed by atoms with Crippen LogP contribution in [-0.2, 0) is 6.42 Å². The lowest BCUT2D eigenvalue weighted by atomic mass is 10.00. The van der Waals surface area contributed by atoms with Gasteiger partial charge in [0.1, 0.15) is 11.4 Å². The third-order valence-corrected chi connectivity index (χ3v) is 2.77. The monoisotopic (exact) mass is 218 g/mol. The molecule has 2 rings (SSSR count). The predicted molar refractivity (Wildman–Crippen MR) is 65.6 cm³/mol. The molecule has 0 spiro atoms. The van der Waals surface area contributed by atoms with Gasteiger partial charge >= 0.3 is 0 Å². The molecule has 1 aromatic carbocycles. The quantitative estimate of drug-likeness (QED) is 0.827. The minimum Gasteiger partial charge on any atom is -0.487 e. The van der Waals surface area contributed by atoms with Gasteiger partial charge in [-0.05, 0) is 31.9 Å². The maximum absolute atomic E-state index is 9.04. The number of fused-ring (bicyclic) bond motifs is 1. The van der Waals surface area contributed by atoms with Crippen LogP contribution < -0.4 is 4.74 Å². The Bertz CT molecular complexity index is 430. The zero-order chi connectivity index (χ0) is 11.8. The van der Waals surface area contributed by atoms with Crippen molar-refractivity contribution in [3.05, 3.63) is 34.9 Å². The minimum atomic E-state index is -0.112. The third kappa shape index (κ3) is 2.12. The van der Waals surface area contributed by atoms with E-state index in [0.717, 1.165) is 23.3 Å². The summed E-state index contributed by atoms with van der Waals surface area (Å²) in [4.78, 5) is 0. The summed E-state index contributed by atoms with van der Waals surface area (Å²) in [6.07, 6.45) is 2.93. The summed E-state index contributed by atoms with van der Waals surface area (Å²) in [6, 6.07) is 6.18. The molecule has 0 atom stereocenters. The Kier molecular flexibility index (Phi) is 2.76. The molecule has 2 heteroatoms. The van der Waals surface area contributed by atoms with Crippen LogP contribution in [0.4, 0.5) is 0 Å². The molecular formula is C14H18O2. The van der Waals surface area contributed by atoms with Crippen LogP contribution >= 0.6 is 0 Å². The molecule has 0 saturated heterocycles. The average molecular weight is 218 g/mol. The molecule has 2 nitrogen and oxygen atoms in total. The van der Waals surface area contributed by atoms with Crippen molar-refractivity contribution in [2.45, 2.75) is 32.8 Å². The summed E-state index contributed by atoms with van der Waals surface area (Å²) >= 11 is 0. The molecule has 1 aromatic rings. The van der Waals surface area contributed by atoms with Crippen molar-refractivity contribution in [2.75, 3.05) is 6.61 Å². The summed E-state index contributed by atoms with van der Waals surface area (Å²) in [7, 11) is 0. The lowest BCUT2D eigenvalue weighted by Crippen LogP contribution is -2.24. The first-order valence-corrected chi connectivity index (χ1v) is 5.61. The second kappa shape index (κ2) is 3.95. The zero-order valence-electron chi connectivity index (χ0n) is 10.1. The Morgan fingerprint density at radius 3 is 2.94 bits per heavy atom. The number of aliphatic hydroxyl groups is 1. The van der Waals surface area contributed by atoms with Gasteiger partial charge in [-0.25, -0.2) is 0 Å². The molecule has 86 valence electrons. The fourth-order valence-corrected chi connectivity index (χ4v) is 2.06. The molecule has 1 heterocycles. The molecule has 1 aliphatic rings. The topological polar surface area (TPSA) is 29.5 Å². The molecule has 0 amide bonds. The van der Waals surface area contributed by atoms with E-state index in [0.29, 0.717) is 0 Å². The van der Waals surface area contributed by atoms with Crippen molar-refractivity contribution in [1.82, 2.24) is 0 Å². The maximum Gasteiger partial charge on any atom is 0.130 e. The van der Waals surface area contributed by atoms with Crippen molar-refractivity contribution >= 4 is 6.08 Å². The number of ether oxygens (including phenoxy) is 1. The van der Waals surface area contributed by atoms with E-state index in [4.69, 9.17) is 9.84 Å². The van der Waals surface area contributed by atoms with E-state index < -0.39 is 0 Å². The maximum atomic E-state index is 9.04. The molecule has 0 fully saturated rings. The first-order valence-electron chi connectivity index (χ1n) is 5.61. The fraction of sp³-hybridized carbons (Fsp3) is 0.429. The van der Waals surface area contributed by atoms with E-state index in [9.17, 15) is 0 Å². The second-order valence-electron chi connectivity index (χ2n) is 5.02. The molecule has 0 unspecified atom stereocenters. The van der Waals surface area contributed by atoms with Crippen molar-refractivity contribution in [3.8, 4) is 5.75 Å². The summed E-state index contributed by atoms with van der Waals surface area (Å²) < 4.78 is 5.94. The largest absolute Gasteiger partial charge is 0.487 e. The van der Waals surface area contributed by atoms with Crippen LogP contribution in [0, 0.1) is 0 Å². The van der Waals surface area contributed by atoms with Gasteiger partial charge in [-0.1, -0.05) is 24.3 Å². The zero-order valence-corrected chi connectivity index (χ0v) is 10.1. The normalized spacial score (nSPS) is 18.1. The van der Waals surface area contributed by atoms with Gasteiger partial charge in [0.25, 0.3) is 0 Å². The van der Waals surface area contributed by atoms with Crippen LogP contribution in [0.2, 0.25) is 0 Å². The van der Waals surface area contributed by atoms with Gasteiger partial charge < -0.3 is 9.84 Å². The van der Waals surface area contributed by atoms with E-state index in [2.05, 4.69) is 19.9 Å². The Hall–Kier alpha value is -1.28. The molecule has 0 aliphatic carbocycles. The Balaban J connectivity index is 2.41. The first-order chi connectivity index (χ1) is 7.52. The number of hydrogen-bond donors (Lipinski definition) is 1. The highest BCUT2D eigenvalue weighted by Gasteiger charge is 2.30. The number of benzene rings is 1. The van der Waals surface area contributed by atoms with Gasteiger partial charge in [0.2, 0.25) is 0 Å². The van der Waals surface area contributed by atoms with E-state index >= 15 is 0 Å². The van der Waals surface area contributed by atoms with Crippen LogP contribution in [-0.4, -0.2) is 17.3 Å². The average Bonchev–Trinajstić information content (AvgIpc) is 2.53. The number of para-hydroxylation sites is 1. The smallest absolute Gasteiger partial charge is 0.130 e. The Morgan fingerprint density at radius 2 is 2.25 bits per heavy atom. The summed E-state index contributed by atoms with van der Waals surface area (Å²) in [5.41, 5.74) is 3.15. The number of rotatable bonds is 2. The van der Waals surface area contributed by atoms with Crippen LogP contribution in [0.1, 0.15) is 31.9 Å². The first kappa shape index (κ1) is 11.2. The number of aliphatic hydroxyl groups excluding tert-OH is 1. The molecule has 0 radical (unpaired) electrons. The molecule has 0 aromatic heterocycles. The minimum absolute atomic E-state index is 0.0903. The molecular weight excluding hydrogens is 200 g/mol.